The highest BCUT2D eigenvalue weighted by molar-refractivity contribution is 6.01. The summed E-state index contributed by atoms with van der Waals surface area (Å²) in [5.41, 5.74) is 1.49. The molecule has 0 saturated carbocycles. The van der Waals surface area contributed by atoms with Crippen molar-refractivity contribution in [2.75, 3.05) is 4.90 Å². The summed E-state index contributed by atoms with van der Waals surface area (Å²) in [6.07, 6.45) is 7.21. The SMILES string of the molecule is C#CC(CCC)NC(=O)N1c2ccccc2C[C@H]1C(=O)O. The Morgan fingerprint density at radius 3 is 2.86 bits per heavy atom. The van der Waals surface area contributed by atoms with E-state index in [4.69, 9.17) is 6.42 Å². The number of carbonyl (C=O) groups excluding carboxylic acids is 1. The highest BCUT2D eigenvalue weighted by atomic mass is 16.4. The van der Waals surface area contributed by atoms with Gasteiger partial charge in [0, 0.05) is 12.1 Å². The van der Waals surface area contributed by atoms with Crippen molar-refractivity contribution in [3.63, 3.8) is 0 Å². The van der Waals surface area contributed by atoms with E-state index in [9.17, 15) is 14.7 Å². The predicted octanol–water partition coefficient (Wildman–Crippen LogP) is 2.01. The maximum absolute atomic E-state index is 12.4. The number of amides is 2. The fourth-order valence-electron chi connectivity index (χ4n) is 2.54. The van der Waals surface area contributed by atoms with Crippen molar-refractivity contribution >= 4 is 17.7 Å². The van der Waals surface area contributed by atoms with Gasteiger partial charge in [0.25, 0.3) is 0 Å². The first-order chi connectivity index (χ1) is 10.1. The molecule has 0 radical (unpaired) electrons. The molecule has 1 aromatic carbocycles. The van der Waals surface area contributed by atoms with Crippen LogP contribution in [0, 0.1) is 12.3 Å². The molecule has 5 heteroatoms. The third-order valence-electron chi connectivity index (χ3n) is 3.56. The van der Waals surface area contributed by atoms with E-state index in [-0.39, 0.29) is 6.04 Å². The minimum absolute atomic E-state index is 0.313. The van der Waals surface area contributed by atoms with E-state index in [1.807, 2.05) is 19.1 Å². The summed E-state index contributed by atoms with van der Waals surface area (Å²) in [5.74, 6) is 1.50. The van der Waals surface area contributed by atoms with Gasteiger partial charge in [-0.05, 0) is 18.1 Å². The van der Waals surface area contributed by atoms with Gasteiger partial charge in [0.05, 0.1) is 6.04 Å². The number of hydrogen-bond acceptors (Lipinski definition) is 2. The quantitative estimate of drug-likeness (QED) is 0.832. The summed E-state index contributed by atoms with van der Waals surface area (Å²) in [6.45, 7) is 1.97. The molecule has 1 aliphatic heterocycles. The normalized spacial score (nSPS) is 17.7. The molecule has 2 amide bonds. The molecule has 1 aliphatic rings. The molecule has 21 heavy (non-hydrogen) atoms. The molecule has 1 heterocycles. The lowest BCUT2D eigenvalue weighted by atomic mass is 10.1. The van der Waals surface area contributed by atoms with Gasteiger partial charge in [0.1, 0.15) is 6.04 Å². The first kappa shape index (κ1) is 14.9. The lowest BCUT2D eigenvalue weighted by Crippen LogP contribution is -2.50. The molecule has 0 aromatic heterocycles. The van der Waals surface area contributed by atoms with Gasteiger partial charge in [-0.15, -0.1) is 6.42 Å². The summed E-state index contributed by atoms with van der Waals surface area (Å²) < 4.78 is 0. The second-order valence-electron chi connectivity index (χ2n) is 5.01. The summed E-state index contributed by atoms with van der Waals surface area (Å²) in [7, 11) is 0. The average molecular weight is 286 g/mol. The van der Waals surface area contributed by atoms with Gasteiger partial charge in [-0.25, -0.2) is 9.59 Å². The highest BCUT2D eigenvalue weighted by Crippen LogP contribution is 2.32. The Labute approximate surface area is 124 Å². The Morgan fingerprint density at radius 2 is 2.24 bits per heavy atom. The van der Waals surface area contributed by atoms with Crippen LogP contribution >= 0.6 is 0 Å². The van der Waals surface area contributed by atoms with Crippen LogP contribution in [0.5, 0.6) is 0 Å². The Hall–Kier alpha value is -2.48. The largest absolute Gasteiger partial charge is 0.480 e. The van der Waals surface area contributed by atoms with Crippen molar-refractivity contribution in [3.8, 4) is 12.3 Å². The number of carbonyl (C=O) groups is 2. The maximum atomic E-state index is 12.4. The fourth-order valence-corrected chi connectivity index (χ4v) is 2.54. The molecule has 0 spiro atoms. The van der Waals surface area contributed by atoms with Crippen LogP contribution in [0.2, 0.25) is 0 Å². The zero-order chi connectivity index (χ0) is 15.4. The van der Waals surface area contributed by atoms with E-state index in [1.54, 1.807) is 12.1 Å². The third-order valence-corrected chi connectivity index (χ3v) is 3.56. The number of carboxylic acids is 1. The molecule has 0 bridgehead atoms. The number of nitrogens with one attached hydrogen (secondary N) is 1. The number of fused-ring (bicyclic) bond motifs is 1. The minimum atomic E-state index is -1.02. The number of hydrogen-bond donors (Lipinski definition) is 2. The number of rotatable bonds is 4. The van der Waals surface area contributed by atoms with Gasteiger partial charge >= 0.3 is 12.0 Å². The molecule has 2 N–H and O–H groups in total. The average Bonchev–Trinajstić information content (AvgIpc) is 2.86. The van der Waals surface area contributed by atoms with Gasteiger partial charge in [0.2, 0.25) is 0 Å². The second-order valence-corrected chi connectivity index (χ2v) is 5.01. The van der Waals surface area contributed by atoms with E-state index >= 15 is 0 Å². The Bertz CT molecular complexity index is 591. The molecular weight excluding hydrogens is 268 g/mol. The first-order valence-electron chi connectivity index (χ1n) is 6.95. The van der Waals surface area contributed by atoms with Crippen LogP contribution in [0.15, 0.2) is 24.3 Å². The number of carboxylic acid groups (broad SMARTS) is 1. The number of nitrogens with zero attached hydrogens (tertiary/aromatic N) is 1. The monoisotopic (exact) mass is 286 g/mol. The molecule has 110 valence electrons. The summed E-state index contributed by atoms with van der Waals surface area (Å²) in [5, 5.41) is 12.1. The predicted molar refractivity (Wildman–Crippen MR) is 80.1 cm³/mol. The summed E-state index contributed by atoms with van der Waals surface area (Å²) in [6, 6.07) is 5.48. The Morgan fingerprint density at radius 1 is 1.52 bits per heavy atom. The van der Waals surface area contributed by atoms with Crippen LogP contribution in [-0.4, -0.2) is 29.2 Å². The van der Waals surface area contributed by atoms with Crippen LogP contribution < -0.4 is 10.2 Å². The van der Waals surface area contributed by atoms with Crippen LogP contribution in [0.4, 0.5) is 10.5 Å². The summed E-state index contributed by atoms with van der Waals surface area (Å²) in [4.78, 5) is 25.1. The summed E-state index contributed by atoms with van der Waals surface area (Å²) >= 11 is 0. The van der Waals surface area contributed by atoms with E-state index in [0.29, 0.717) is 18.5 Å². The molecule has 1 unspecified atom stereocenters. The number of urea groups is 1. The van der Waals surface area contributed by atoms with Gasteiger partial charge in [-0.1, -0.05) is 37.5 Å². The maximum Gasteiger partial charge on any atom is 0.327 e. The van der Waals surface area contributed by atoms with E-state index in [1.165, 1.54) is 4.90 Å². The smallest absolute Gasteiger partial charge is 0.327 e. The van der Waals surface area contributed by atoms with Crippen LogP contribution in [0.3, 0.4) is 0 Å². The Balaban J connectivity index is 2.24. The number of benzene rings is 1. The molecule has 0 fully saturated rings. The van der Waals surface area contributed by atoms with E-state index < -0.39 is 18.0 Å². The molecule has 0 aliphatic carbocycles. The van der Waals surface area contributed by atoms with Gasteiger partial charge in [0.15, 0.2) is 0 Å². The van der Waals surface area contributed by atoms with Crippen molar-refractivity contribution in [3.05, 3.63) is 29.8 Å². The second kappa shape index (κ2) is 6.31. The van der Waals surface area contributed by atoms with Crippen LogP contribution in [0.1, 0.15) is 25.3 Å². The van der Waals surface area contributed by atoms with Crippen LogP contribution in [0.25, 0.3) is 0 Å². The Kier molecular flexibility index (Phi) is 4.49. The molecule has 0 saturated heterocycles. The fraction of sp³-hybridized carbons (Fsp3) is 0.375. The molecule has 1 aromatic rings. The number of anilines is 1. The zero-order valence-corrected chi connectivity index (χ0v) is 11.9. The van der Waals surface area contributed by atoms with Crippen molar-refractivity contribution in [2.45, 2.75) is 38.3 Å². The van der Waals surface area contributed by atoms with E-state index in [2.05, 4.69) is 11.2 Å². The lowest BCUT2D eigenvalue weighted by molar-refractivity contribution is -0.138. The van der Waals surface area contributed by atoms with Crippen molar-refractivity contribution in [1.82, 2.24) is 5.32 Å². The molecule has 5 nitrogen and oxygen atoms in total. The standard InChI is InChI=1S/C16H18N2O3/c1-3-7-12(4-2)17-16(21)18-13-9-6-5-8-11(13)10-14(18)15(19)20/h2,5-6,8-9,12,14H,3,7,10H2,1H3,(H,17,21)(H,19,20)/t12?,14-/m0/s1. The first-order valence-corrected chi connectivity index (χ1v) is 6.95. The van der Waals surface area contributed by atoms with Gasteiger partial charge in [-0.3, -0.25) is 4.90 Å². The van der Waals surface area contributed by atoms with E-state index in [0.717, 1.165) is 12.0 Å². The number of terminal acetylenes is 1. The van der Waals surface area contributed by atoms with Crippen molar-refractivity contribution in [2.24, 2.45) is 0 Å². The van der Waals surface area contributed by atoms with Gasteiger partial charge in [-0.2, -0.15) is 0 Å². The number of aliphatic carboxylic acids is 1. The van der Waals surface area contributed by atoms with Crippen molar-refractivity contribution in [1.29, 1.82) is 0 Å². The van der Waals surface area contributed by atoms with Crippen LogP contribution in [-0.2, 0) is 11.2 Å². The lowest BCUT2D eigenvalue weighted by Gasteiger charge is -2.24. The minimum Gasteiger partial charge on any atom is -0.480 e. The zero-order valence-electron chi connectivity index (χ0n) is 11.9. The number of para-hydroxylation sites is 1. The highest BCUT2D eigenvalue weighted by Gasteiger charge is 2.38. The molecular formula is C16H18N2O3. The van der Waals surface area contributed by atoms with Crippen molar-refractivity contribution < 1.29 is 14.7 Å². The third kappa shape index (κ3) is 3.00. The topological polar surface area (TPSA) is 69.6 Å². The molecule has 2 atom stereocenters. The van der Waals surface area contributed by atoms with Gasteiger partial charge < -0.3 is 10.4 Å². The molecule has 2 rings (SSSR count).